The number of aryl methyl sites for hydroxylation is 1. The molecule has 1 aliphatic carbocycles. The molecule has 1 aliphatic heterocycles. The van der Waals surface area contributed by atoms with Crippen molar-refractivity contribution in [3.63, 3.8) is 0 Å². The highest BCUT2D eigenvalue weighted by Gasteiger charge is 2.37. The summed E-state index contributed by atoms with van der Waals surface area (Å²) >= 11 is 0. The van der Waals surface area contributed by atoms with Crippen molar-refractivity contribution < 1.29 is 9.21 Å². The summed E-state index contributed by atoms with van der Waals surface area (Å²) in [7, 11) is 4.07. The fourth-order valence-electron chi connectivity index (χ4n) is 4.59. The molecule has 3 aromatic rings. The summed E-state index contributed by atoms with van der Waals surface area (Å²) in [5, 5.41) is 7.13. The van der Waals surface area contributed by atoms with Crippen LogP contribution >= 0.6 is 0 Å². The number of carbonyl (C=O) groups is 1. The molecular weight excluding hydrogens is 386 g/mol. The van der Waals surface area contributed by atoms with Gasteiger partial charge in [0.2, 0.25) is 0 Å². The molecule has 0 saturated carbocycles. The Morgan fingerprint density at radius 1 is 0.935 bits per heavy atom. The highest BCUT2D eigenvalue weighted by molar-refractivity contribution is 6.01. The van der Waals surface area contributed by atoms with E-state index in [0.29, 0.717) is 6.42 Å². The van der Waals surface area contributed by atoms with Crippen molar-refractivity contribution in [1.82, 2.24) is 0 Å². The Balaban J connectivity index is 1.55. The molecule has 2 aromatic carbocycles. The Labute approximate surface area is 182 Å². The average Bonchev–Trinajstić information content (AvgIpc) is 3.11. The molecule has 0 fully saturated rings. The van der Waals surface area contributed by atoms with Crippen LogP contribution in [0.3, 0.4) is 0 Å². The van der Waals surface area contributed by atoms with Gasteiger partial charge in [0.25, 0.3) is 0 Å². The Morgan fingerprint density at radius 3 is 2.35 bits per heavy atom. The van der Waals surface area contributed by atoms with Crippen LogP contribution in [0.25, 0.3) is 0 Å². The van der Waals surface area contributed by atoms with Crippen LogP contribution in [0.4, 0.5) is 17.1 Å². The van der Waals surface area contributed by atoms with Gasteiger partial charge in [-0.15, -0.1) is 0 Å². The van der Waals surface area contributed by atoms with E-state index in [1.54, 1.807) is 0 Å². The van der Waals surface area contributed by atoms with Gasteiger partial charge in [0.05, 0.1) is 11.4 Å². The monoisotopic (exact) mass is 413 g/mol. The lowest BCUT2D eigenvalue weighted by Crippen LogP contribution is -2.26. The fourth-order valence-corrected chi connectivity index (χ4v) is 4.59. The summed E-state index contributed by atoms with van der Waals surface area (Å²) in [4.78, 5) is 15.6. The molecule has 5 rings (SSSR count). The van der Waals surface area contributed by atoms with E-state index in [2.05, 4.69) is 39.8 Å². The summed E-state index contributed by atoms with van der Waals surface area (Å²) in [6.07, 6.45) is 1.28. The lowest BCUT2D eigenvalue weighted by atomic mass is 9.79. The molecule has 0 saturated heterocycles. The highest BCUT2D eigenvalue weighted by Crippen LogP contribution is 2.44. The molecular formula is C26H27N3O2. The third kappa shape index (κ3) is 3.61. The zero-order chi connectivity index (χ0) is 21.5. The number of fused-ring (bicyclic) bond motifs is 1. The first-order valence-corrected chi connectivity index (χ1v) is 10.7. The predicted octanol–water partition coefficient (Wildman–Crippen LogP) is 5.63. The lowest BCUT2D eigenvalue weighted by molar-refractivity contribution is -0.116. The van der Waals surface area contributed by atoms with Crippen LogP contribution in [0.15, 0.2) is 76.4 Å². The van der Waals surface area contributed by atoms with E-state index in [9.17, 15) is 4.79 Å². The van der Waals surface area contributed by atoms with Gasteiger partial charge in [-0.2, -0.15) is 0 Å². The van der Waals surface area contributed by atoms with Gasteiger partial charge in [-0.1, -0.05) is 24.3 Å². The Bertz CT molecular complexity index is 1160. The fraction of sp³-hybridized carbons (Fsp3) is 0.269. The Kier molecular flexibility index (Phi) is 4.81. The van der Waals surface area contributed by atoms with Crippen molar-refractivity contribution >= 4 is 22.8 Å². The second kappa shape index (κ2) is 7.65. The normalized spacial score (nSPS) is 20.3. The number of Topliss-reactive ketones (excluding diaryl/α,β-unsaturated/α-hetero) is 1. The standard InChI is InChI=1S/C26H27N3O2/c1-16-8-13-24(31-16)26-25-22(27-20-6-4-5-7-21(20)28-26)14-18(15-23(25)30)17-9-11-19(12-10-17)29(2)3/h4-13,18,26-28H,14-15H2,1-3H3. The summed E-state index contributed by atoms with van der Waals surface area (Å²) in [6, 6.07) is 20.2. The maximum absolute atomic E-state index is 13.5. The van der Waals surface area contributed by atoms with Crippen LogP contribution in [0.5, 0.6) is 0 Å². The van der Waals surface area contributed by atoms with Crippen molar-refractivity contribution in [2.75, 3.05) is 29.6 Å². The van der Waals surface area contributed by atoms with E-state index in [1.165, 1.54) is 5.56 Å². The molecule has 0 spiro atoms. The number of allylic oxidation sites excluding steroid dienone is 1. The highest BCUT2D eigenvalue weighted by atomic mass is 16.3. The van der Waals surface area contributed by atoms with Crippen LogP contribution in [0.1, 0.15) is 41.9 Å². The molecule has 5 heteroatoms. The van der Waals surface area contributed by atoms with Gasteiger partial charge in [0, 0.05) is 37.5 Å². The van der Waals surface area contributed by atoms with Crippen LogP contribution in [-0.2, 0) is 4.79 Å². The zero-order valence-corrected chi connectivity index (χ0v) is 18.1. The van der Waals surface area contributed by atoms with Gasteiger partial charge >= 0.3 is 0 Å². The molecule has 158 valence electrons. The summed E-state index contributed by atoms with van der Waals surface area (Å²) in [6.45, 7) is 1.93. The molecule has 0 amide bonds. The summed E-state index contributed by atoms with van der Waals surface area (Å²) in [5.74, 6) is 1.92. The van der Waals surface area contributed by atoms with E-state index in [-0.39, 0.29) is 17.7 Å². The maximum Gasteiger partial charge on any atom is 0.163 e. The minimum atomic E-state index is -0.301. The largest absolute Gasteiger partial charge is 0.464 e. The molecule has 0 bridgehead atoms. The number of nitrogens with zero attached hydrogens (tertiary/aromatic N) is 1. The van der Waals surface area contributed by atoms with Crippen molar-refractivity contribution in [3.8, 4) is 0 Å². The number of ketones is 1. The second-order valence-electron chi connectivity index (χ2n) is 8.60. The first-order valence-electron chi connectivity index (χ1n) is 10.7. The smallest absolute Gasteiger partial charge is 0.163 e. The Morgan fingerprint density at radius 2 is 1.68 bits per heavy atom. The molecule has 2 heterocycles. The van der Waals surface area contributed by atoms with Crippen LogP contribution < -0.4 is 15.5 Å². The molecule has 5 nitrogen and oxygen atoms in total. The number of furan rings is 1. The van der Waals surface area contributed by atoms with Gasteiger partial charge < -0.3 is 20.0 Å². The first kappa shape index (κ1) is 19.5. The van der Waals surface area contributed by atoms with Crippen LogP contribution in [0, 0.1) is 6.92 Å². The predicted molar refractivity (Wildman–Crippen MR) is 125 cm³/mol. The first-order chi connectivity index (χ1) is 15.0. The number of benzene rings is 2. The minimum absolute atomic E-state index is 0.152. The van der Waals surface area contributed by atoms with Crippen LogP contribution in [0.2, 0.25) is 0 Å². The quantitative estimate of drug-likeness (QED) is 0.582. The number of nitrogens with one attached hydrogen (secondary N) is 2. The van der Waals surface area contributed by atoms with Crippen molar-refractivity contribution in [2.24, 2.45) is 0 Å². The van der Waals surface area contributed by atoms with Gasteiger partial charge in [0.15, 0.2) is 5.78 Å². The van der Waals surface area contributed by atoms with E-state index in [0.717, 1.165) is 46.3 Å². The van der Waals surface area contributed by atoms with Crippen LogP contribution in [-0.4, -0.2) is 19.9 Å². The molecule has 31 heavy (non-hydrogen) atoms. The van der Waals surface area contributed by atoms with E-state index in [1.807, 2.05) is 57.4 Å². The number of hydrogen-bond donors (Lipinski definition) is 2. The average molecular weight is 414 g/mol. The second-order valence-corrected chi connectivity index (χ2v) is 8.60. The lowest BCUT2D eigenvalue weighted by Gasteiger charge is -2.29. The molecule has 2 unspecified atom stereocenters. The zero-order valence-electron chi connectivity index (χ0n) is 18.1. The van der Waals surface area contributed by atoms with Gasteiger partial charge in [-0.05, 0) is 61.2 Å². The number of carbonyl (C=O) groups excluding carboxylic acids is 1. The number of hydrogen-bond acceptors (Lipinski definition) is 5. The van der Waals surface area contributed by atoms with Crippen molar-refractivity contribution in [3.05, 3.63) is 89.0 Å². The maximum atomic E-state index is 13.5. The van der Waals surface area contributed by atoms with E-state index < -0.39 is 0 Å². The van der Waals surface area contributed by atoms with Crippen molar-refractivity contribution in [1.29, 1.82) is 0 Å². The third-order valence-electron chi connectivity index (χ3n) is 6.24. The van der Waals surface area contributed by atoms with E-state index >= 15 is 0 Å². The molecule has 0 radical (unpaired) electrons. The summed E-state index contributed by atoms with van der Waals surface area (Å²) in [5.41, 5.74) is 6.07. The van der Waals surface area contributed by atoms with Gasteiger partial charge in [-0.3, -0.25) is 4.79 Å². The SMILES string of the molecule is Cc1ccc(C2Nc3ccccc3NC3=C2C(=O)CC(c2ccc(N(C)C)cc2)C3)o1. The molecule has 1 aromatic heterocycles. The molecule has 2 N–H and O–H groups in total. The van der Waals surface area contributed by atoms with Gasteiger partial charge in [-0.25, -0.2) is 0 Å². The molecule has 2 atom stereocenters. The number of rotatable bonds is 3. The topological polar surface area (TPSA) is 57.5 Å². The molecule has 2 aliphatic rings. The Hall–Kier alpha value is -3.47. The van der Waals surface area contributed by atoms with E-state index in [4.69, 9.17) is 4.42 Å². The van der Waals surface area contributed by atoms with Gasteiger partial charge in [0.1, 0.15) is 17.6 Å². The number of para-hydroxylation sites is 2. The van der Waals surface area contributed by atoms with Crippen molar-refractivity contribution in [2.45, 2.75) is 31.7 Å². The number of anilines is 3. The third-order valence-corrected chi connectivity index (χ3v) is 6.24. The summed E-state index contributed by atoms with van der Waals surface area (Å²) < 4.78 is 5.96. The minimum Gasteiger partial charge on any atom is -0.464 e.